The maximum absolute atomic E-state index is 12.3. The number of phenolic OH excluding ortho intramolecular Hbond substituents is 1. The molecule has 0 saturated carbocycles. The van der Waals surface area contributed by atoms with E-state index in [1.54, 1.807) is 6.07 Å². The highest BCUT2D eigenvalue weighted by molar-refractivity contribution is 6.36. The number of benzene rings is 2. The number of aromatic hydroxyl groups is 1. The van der Waals surface area contributed by atoms with Crippen molar-refractivity contribution in [2.45, 2.75) is 13.8 Å². The first kappa shape index (κ1) is 17.9. The Labute approximate surface area is 149 Å². The lowest BCUT2D eigenvalue weighted by molar-refractivity contribution is -0.112. The van der Waals surface area contributed by atoms with Crippen LogP contribution >= 0.6 is 23.2 Å². The molecular formula is C18H14Cl2N2O2. The summed E-state index contributed by atoms with van der Waals surface area (Å²) in [5, 5.41) is 22.2. The first-order valence-electron chi connectivity index (χ1n) is 7.00. The zero-order chi connectivity index (χ0) is 17.9. The van der Waals surface area contributed by atoms with Gasteiger partial charge in [0, 0.05) is 16.3 Å². The van der Waals surface area contributed by atoms with Gasteiger partial charge in [0.05, 0.1) is 5.02 Å². The summed E-state index contributed by atoms with van der Waals surface area (Å²) < 4.78 is 0. The van der Waals surface area contributed by atoms with E-state index in [0.29, 0.717) is 5.69 Å². The van der Waals surface area contributed by atoms with Gasteiger partial charge in [0.1, 0.15) is 17.4 Å². The molecule has 0 aromatic heterocycles. The number of nitrogens with one attached hydrogen (secondary N) is 1. The van der Waals surface area contributed by atoms with Crippen LogP contribution < -0.4 is 5.32 Å². The quantitative estimate of drug-likeness (QED) is 0.606. The van der Waals surface area contributed by atoms with Crippen molar-refractivity contribution in [1.82, 2.24) is 0 Å². The average Bonchev–Trinajstić information content (AvgIpc) is 2.51. The molecule has 0 atom stereocenters. The third-order valence-corrected chi connectivity index (χ3v) is 3.86. The number of carbonyl (C=O) groups is 1. The van der Waals surface area contributed by atoms with E-state index in [-0.39, 0.29) is 26.9 Å². The maximum atomic E-state index is 12.3. The topological polar surface area (TPSA) is 73.1 Å². The number of halogens is 2. The number of phenols is 1. The largest absolute Gasteiger partial charge is 0.506 e. The molecule has 0 fully saturated rings. The molecule has 2 N–H and O–H groups in total. The molecule has 2 aromatic carbocycles. The minimum Gasteiger partial charge on any atom is -0.506 e. The zero-order valence-electron chi connectivity index (χ0n) is 13.0. The second-order valence-electron chi connectivity index (χ2n) is 5.27. The van der Waals surface area contributed by atoms with Crippen LogP contribution in [0.3, 0.4) is 0 Å². The number of carbonyl (C=O) groups excluding carboxylic acids is 1. The van der Waals surface area contributed by atoms with Crippen LogP contribution in [0.5, 0.6) is 5.75 Å². The number of aryl methyl sites for hydroxylation is 2. The molecule has 0 radical (unpaired) electrons. The Morgan fingerprint density at radius 3 is 2.58 bits per heavy atom. The van der Waals surface area contributed by atoms with E-state index in [2.05, 4.69) is 5.32 Å². The Kier molecular flexibility index (Phi) is 5.50. The van der Waals surface area contributed by atoms with Crippen LogP contribution in [-0.2, 0) is 4.79 Å². The molecule has 0 saturated heterocycles. The van der Waals surface area contributed by atoms with Crippen LogP contribution in [0.2, 0.25) is 10.0 Å². The standard InChI is InChI=1S/C18H14Cl2N2O2/c1-10-3-4-16(11(2)5-10)22-18(24)13(9-21)6-12-7-14(19)8-15(20)17(12)23/h3-8,23H,1-2H3,(H,22,24). The first-order chi connectivity index (χ1) is 11.3. The summed E-state index contributed by atoms with van der Waals surface area (Å²) in [7, 11) is 0. The fraction of sp³-hybridized carbons (Fsp3) is 0.111. The van der Waals surface area contributed by atoms with Crippen molar-refractivity contribution < 1.29 is 9.90 Å². The lowest BCUT2D eigenvalue weighted by atomic mass is 10.1. The highest BCUT2D eigenvalue weighted by atomic mass is 35.5. The fourth-order valence-electron chi connectivity index (χ4n) is 2.14. The van der Waals surface area contributed by atoms with Crippen molar-refractivity contribution in [1.29, 1.82) is 5.26 Å². The molecule has 0 aliphatic heterocycles. The fourth-order valence-corrected chi connectivity index (χ4v) is 2.65. The van der Waals surface area contributed by atoms with Gasteiger partial charge in [0.2, 0.25) is 0 Å². The van der Waals surface area contributed by atoms with E-state index in [4.69, 9.17) is 23.2 Å². The second-order valence-corrected chi connectivity index (χ2v) is 6.11. The smallest absolute Gasteiger partial charge is 0.266 e. The van der Waals surface area contributed by atoms with Crippen LogP contribution in [0.15, 0.2) is 35.9 Å². The SMILES string of the molecule is Cc1ccc(NC(=O)C(C#N)=Cc2cc(Cl)cc(Cl)c2O)c(C)c1. The van der Waals surface area contributed by atoms with Crippen molar-refractivity contribution in [3.8, 4) is 11.8 Å². The van der Waals surface area contributed by atoms with E-state index < -0.39 is 5.91 Å². The van der Waals surface area contributed by atoms with Gasteiger partial charge in [-0.25, -0.2) is 0 Å². The van der Waals surface area contributed by atoms with Gasteiger partial charge in [-0.3, -0.25) is 4.79 Å². The summed E-state index contributed by atoms with van der Waals surface area (Å²) in [5.41, 5.74) is 2.58. The number of nitriles is 1. The summed E-state index contributed by atoms with van der Waals surface area (Å²) in [6, 6.07) is 10.2. The minimum absolute atomic E-state index is 0.0424. The molecule has 24 heavy (non-hydrogen) atoms. The number of nitrogens with zero attached hydrogens (tertiary/aromatic N) is 1. The highest BCUT2D eigenvalue weighted by Gasteiger charge is 2.13. The summed E-state index contributed by atoms with van der Waals surface area (Å²) in [5.74, 6) is -0.826. The van der Waals surface area contributed by atoms with Crippen LogP contribution in [0.25, 0.3) is 6.08 Å². The molecule has 2 aromatic rings. The predicted octanol–water partition coefficient (Wildman–Crippen LogP) is 4.86. The molecule has 6 heteroatoms. The van der Waals surface area contributed by atoms with Gasteiger partial charge in [-0.2, -0.15) is 5.26 Å². The lowest BCUT2D eigenvalue weighted by Crippen LogP contribution is -2.14. The molecule has 0 heterocycles. The van der Waals surface area contributed by atoms with Gasteiger partial charge < -0.3 is 10.4 Å². The summed E-state index contributed by atoms with van der Waals surface area (Å²) in [6.07, 6.45) is 1.24. The van der Waals surface area contributed by atoms with Crippen LogP contribution in [-0.4, -0.2) is 11.0 Å². The van der Waals surface area contributed by atoms with Crippen molar-refractivity contribution in [3.05, 3.63) is 62.6 Å². The Morgan fingerprint density at radius 2 is 1.96 bits per heavy atom. The molecule has 0 spiro atoms. The third kappa shape index (κ3) is 4.08. The van der Waals surface area contributed by atoms with E-state index in [1.165, 1.54) is 18.2 Å². The van der Waals surface area contributed by atoms with Crippen molar-refractivity contribution in [3.63, 3.8) is 0 Å². The first-order valence-corrected chi connectivity index (χ1v) is 7.76. The van der Waals surface area contributed by atoms with Gasteiger partial charge in [0.15, 0.2) is 0 Å². The average molecular weight is 361 g/mol. The van der Waals surface area contributed by atoms with E-state index in [9.17, 15) is 15.2 Å². The van der Waals surface area contributed by atoms with Gasteiger partial charge in [-0.15, -0.1) is 0 Å². The van der Waals surface area contributed by atoms with Crippen LogP contribution in [0.4, 0.5) is 5.69 Å². The molecule has 0 aliphatic carbocycles. The molecule has 2 rings (SSSR count). The Balaban J connectivity index is 2.34. The molecule has 122 valence electrons. The maximum Gasteiger partial charge on any atom is 0.266 e. The molecule has 1 amide bonds. The van der Waals surface area contributed by atoms with Crippen LogP contribution in [0.1, 0.15) is 16.7 Å². The van der Waals surface area contributed by atoms with Gasteiger partial charge >= 0.3 is 0 Å². The normalized spacial score (nSPS) is 11.0. The third-order valence-electron chi connectivity index (χ3n) is 3.35. The Morgan fingerprint density at radius 1 is 1.25 bits per heavy atom. The Hall–Kier alpha value is -2.48. The number of hydrogen-bond donors (Lipinski definition) is 2. The molecule has 0 bridgehead atoms. The van der Waals surface area contributed by atoms with Crippen LogP contribution in [0, 0.1) is 25.2 Å². The number of rotatable bonds is 3. The second kappa shape index (κ2) is 7.39. The molecule has 0 unspecified atom stereocenters. The van der Waals surface area contributed by atoms with Gasteiger partial charge in [-0.1, -0.05) is 40.9 Å². The molecule has 4 nitrogen and oxygen atoms in total. The summed E-state index contributed by atoms with van der Waals surface area (Å²) in [6.45, 7) is 3.81. The number of amides is 1. The minimum atomic E-state index is -0.583. The number of hydrogen-bond acceptors (Lipinski definition) is 3. The molecule has 0 aliphatic rings. The summed E-state index contributed by atoms with van der Waals surface area (Å²) in [4.78, 5) is 12.3. The highest BCUT2D eigenvalue weighted by Crippen LogP contribution is 2.32. The lowest BCUT2D eigenvalue weighted by Gasteiger charge is -2.09. The van der Waals surface area contributed by atoms with Gasteiger partial charge in [-0.05, 0) is 43.7 Å². The summed E-state index contributed by atoms with van der Waals surface area (Å²) >= 11 is 11.7. The van der Waals surface area contributed by atoms with Crippen molar-refractivity contribution in [2.75, 3.05) is 5.32 Å². The van der Waals surface area contributed by atoms with Crippen molar-refractivity contribution >= 4 is 40.9 Å². The van der Waals surface area contributed by atoms with E-state index in [0.717, 1.165) is 11.1 Å². The van der Waals surface area contributed by atoms with E-state index in [1.807, 2.05) is 32.0 Å². The van der Waals surface area contributed by atoms with Gasteiger partial charge in [0.25, 0.3) is 5.91 Å². The zero-order valence-corrected chi connectivity index (χ0v) is 14.5. The Bertz CT molecular complexity index is 883. The number of anilines is 1. The van der Waals surface area contributed by atoms with Crippen molar-refractivity contribution in [2.24, 2.45) is 0 Å². The predicted molar refractivity (Wildman–Crippen MR) is 96.3 cm³/mol. The molecular weight excluding hydrogens is 347 g/mol. The monoisotopic (exact) mass is 360 g/mol. The van der Waals surface area contributed by atoms with E-state index >= 15 is 0 Å².